The summed E-state index contributed by atoms with van der Waals surface area (Å²) < 4.78 is 10.5. The van der Waals surface area contributed by atoms with E-state index in [1.165, 1.54) is 6.08 Å². The highest BCUT2D eigenvalue weighted by Gasteiger charge is 2.12. The van der Waals surface area contributed by atoms with Crippen molar-refractivity contribution in [2.75, 3.05) is 13.4 Å². The van der Waals surface area contributed by atoms with Gasteiger partial charge >= 0.3 is 0 Å². The van der Waals surface area contributed by atoms with Crippen LogP contribution in [0.4, 0.5) is 0 Å². The topological polar surface area (TPSA) is 56.8 Å². The number of hydrogen-bond acceptors (Lipinski definition) is 4. The fourth-order valence-corrected chi connectivity index (χ4v) is 1.50. The van der Waals surface area contributed by atoms with Gasteiger partial charge in [-0.25, -0.2) is 5.48 Å². The molecule has 5 nitrogen and oxygen atoms in total. The van der Waals surface area contributed by atoms with Gasteiger partial charge in [0, 0.05) is 6.08 Å². The van der Waals surface area contributed by atoms with E-state index in [-0.39, 0.29) is 12.7 Å². The molecule has 0 aromatic heterocycles. The second-order valence-corrected chi connectivity index (χ2v) is 4.62. The van der Waals surface area contributed by atoms with E-state index >= 15 is 0 Å². The highest BCUT2D eigenvalue weighted by Crippen LogP contribution is 2.32. The van der Waals surface area contributed by atoms with Gasteiger partial charge in [-0.1, -0.05) is 19.9 Å². The number of rotatable bonds is 5. The molecule has 1 aliphatic heterocycles. The molecule has 0 aliphatic carbocycles. The number of carbonyl (C=O) groups excluding carboxylic acids is 1. The lowest BCUT2D eigenvalue weighted by atomic mass is 10.2. The van der Waals surface area contributed by atoms with E-state index in [4.69, 9.17) is 14.3 Å². The Morgan fingerprint density at radius 3 is 3.00 bits per heavy atom. The number of nitrogens with one attached hydrogen (secondary N) is 1. The summed E-state index contributed by atoms with van der Waals surface area (Å²) in [5.74, 6) is 1.50. The average molecular weight is 263 g/mol. The third-order valence-electron chi connectivity index (χ3n) is 2.41. The molecule has 0 saturated carbocycles. The monoisotopic (exact) mass is 263 g/mol. The minimum atomic E-state index is -0.293. The molecule has 0 unspecified atom stereocenters. The van der Waals surface area contributed by atoms with Gasteiger partial charge in [0.2, 0.25) is 6.79 Å². The zero-order valence-electron chi connectivity index (χ0n) is 11.0. The first-order valence-corrected chi connectivity index (χ1v) is 6.14. The van der Waals surface area contributed by atoms with Crippen LogP contribution in [0, 0.1) is 5.92 Å². The molecule has 102 valence electrons. The Morgan fingerprint density at radius 1 is 1.42 bits per heavy atom. The quantitative estimate of drug-likeness (QED) is 0.653. The summed E-state index contributed by atoms with van der Waals surface area (Å²) in [6.45, 7) is 4.75. The Hall–Kier alpha value is -2.01. The van der Waals surface area contributed by atoms with Crippen LogP contribution in [0.1, 0.15) is 19.4 Å². The fourth-order valence-electron chi connectivity index (χ4n) is 1.50. The second-order valence-electron chi connectivity index (χ2n) is 4.62. The van der Waals surface area contributed by atoms with Gasteiger partial charge in [-0.2, -0.15) is 0 Å². The van der Waals surface area contributed by atoms with Crippen molar-refractivity contribution >= 4 is 12.0 Å². The Kier molecular flexibility index (Phi) is 4.41. The van der Waals surface area contributed by atoms with Crippen LogP contribution in [0.15, 0.2) is 24.3 Å². The van der Waals surface area contributed by atoms with Gasteiger partial charge in [-0.15, -0.1) is 0 Å². The fraction of sp³-hybridized carbons (Fsp3) is 0.357. The maximum Gasteiger partial charge on any atom is 0.267 e. The van der Waals surface area contributed by atoms with Gasteiger partial charge in [0.1, 0.15) is 0 Å². The van der Waals surface area contributed by atoms with Crippen molar-refractivity contribution in [1.82, 2.24) is 5.48 Å². The van der Waals surface area contributed by atoms with Crippen molar-refractivity contribution in [3.05, 3.63) is 29.8 Å². The molecule has 0 saturated heterocycles. The molecular formula is C14H17NO4. The van der Waals surface area contributed by atoms with Gasteiger partial charge in [-0.05, 0) is 29.7 Å². The van der Waals surface area contributed by atoms with E-state index in [2.05, 4.69) is 5.48 Å². The average Bonchev–Trinajstić information content (AvgIpc) is 2.83. The number of amides is 1. The molecule has 1 heterocycles. The van der Waals surface area contributed by atoms with Gasteiger partial charge in [-0.3, -0.25) is 9.63 Å². The Bertz CT molecular complexity index is 482. The van der Waals surface area contributed by atoms with Crippen molar-refractivity contribution in [3.63, 3.8) is 0 Å². The number of fused-ring (bicyclic) bond motifs is 1. The largest absolute Gasteiger partial charge is 0.454 e. The highest BCUT2D eigenvalue weighted by molar-refractivity contribution is 5.91. The second kappa shape index (κ2) is 6.24. The third-order valence-corrected chi connectivity index (χ3v) is 2.41. The molecule has 0 bridgehead atoms. The van der Waals surface area contributed by atoms with E-state index < -0.39 is 0 Å². The van der Waals surface area contributed by atoms with Gasteiger partial charge in [0.15, 0.2) is 11.5 Å². The summed E-state index contributed by atoms with van der Waals surface area (Å²) in [6.07, 6.45) is 3.11. The van der Waals surface area contributed by atoms with Gasteiger partial charge in [0.05, 0.1) is 6.61 Å². The van der Waals surface area contributed by atoms with Crippen LogP contribution < -0.4 is 15.0 Å². The zero-order valence-corrected chi connectivity index (χ0v) is 11.0. The lowest BCUT2D eigenvalue weighted by molar-refractivity contribution is -0.129. The lowest BCUT2D eigenvalue weighted by Crippen LogP contribution is -2.23. The van der Waals surface area contributed by atoms with Gasteiger partial charge < -0.3 is 9.47 Å². The summed E-state index contributed by atoms with van der Waals surface area (Å²) in [6, 6.07) is 5.49. The number of ether oxygens (including phenoxy) is 2. The molecule has 5 heteroatoms. The first-order valence-electron chi connectivity index (χ1n) is 6.14. The van der Waals surface area contributed by atoms with Gasteiger partial charge in [0.25, 0.3) is 5.91 Å². The number of hydroxylamine groups is 1. The van der Waals surface area contributed by atoms with Crippen LogP contribution in [0.5, 0.6) is 11.5 Å². The molecule has 2 rings (SSSR count). The molecule has 0 radical (unpaired) electrons. The molecule has 1 amide bonds. The Balaban J connectivity index is 1.86. The van der Waals surface area contributed by atoms with Crippen LogP contribution in [0.2, 0.25) is 0 Å². The highest BCUT2D eigenvalue weighted by atomic mass is 16.7. The standard InChI is InChI=1S/C14H17NO4/c1-10(2)8-19-15-14(16)6-4-11-3-5-12-13(7-11)18-9-17-12/h3-7,10H,8-9H2,1-2H3,(H,15,16)/b6-4+. The van der Waals surface area contributed by atoms with E-state index in [9.17, 15) is 4.79 Å². The minimum Gasteiger partial charge on any atom is -0.454 e. The van der Waals surface area contributed by atoms with Crippen molar-refractivity contribution in [3.8, 4) is 11.5 Å². The summed E-state index contributed by atoms with van der Waals surface area (Å²) in [7, 11) is 0. The van der Waals surface area contributed by atoms with Crippen molar-refractivity contribution in [2.24, 2.45) is 5.92 Å². The lowest BCUT2D eigenvalue weighted by Gasteiger charge is -2.05. The first kappa shape index (κ1) is 13.4. The van der Waals surface area contributed by atoms with Crippen molar-refractivity contribution in [2.45, 2.75) is 13.8 Å². The minimum absolute atomic E-state index is 0.242. The molecule has 19 heavy (non-hydrogen) atoms. The Labute approximate surface area is 112 Å². The van der Waals surface area contributed by atoms with E-state index in [1.54, 1.807) is 6.08 Å². The van der Waals surface area contributed by atoms with Crippen molar-refractivity contribution in [1.29, 1.82) is 0 Å². The molecule has 1 N–H and O–H groups in total. The third kappa shape index (κ3) is 3.99. The van der Waals surface area contributed by atoms with Crippen LogP contribution in [-0.4, -0.2) is 19.3 Å². The van der Waals surface area contributed by atoms with Crippen LogP contribution >= 0.6 is 0 Å². The molecule has 1 aromatic carbocycles. The van der Waals surface area contributed by atoms with E-state index in [1.807, 2.05) is 32.0 Å². The molecule has 0 spiro atoms. The maximum absolute atomic E-state index is 11.5. The number of benzene rings is 1. The summed E-state index contributed by atoms with van der Waals surface area (Å²) in [5.41, 5.74) is 3.22. The molecular weight excluding hydrogens is 246 g/mol. The Morgan fingerprint density at radius 2 is 2.21 bits per heavy atom. The zero-order chi connectivity index (χ0) is 13.7. The molecule has 1 aliphatic rings. The normalized spacial score (nSPS) is 13.2. The smallest absolute Gasteiger partial charge is 0.267 e. The predicted molar refractivity (Wildman–Crippen MR) is 70.5 cm³/mol. The summed E-state index contributed by atoms with van der Waals surface area (Å²) >= 11 is 0. The molecule has 1 aromatic rings. The summed E-state index contributed by atoms with van der Waals surface area (Å²) in [4.78, 5) is 16.5. The van der Waals surface area contributed by atoms with Crippen LogP contribution in [-0.2, 0) is 9.63 Å². The van der Waals surface area contributed by atoms with E-state index in [0.717, 1.165) is 11.3 Å². The number of carbonyl (C=O) groups is 1. The van der Waals surface area contributed by atoms with Crippen LogP contribution in [0.3, 0.4) is 0 Å². The molecule has 0 fully saturated rings. The maximum atomic E-state index is 11.5. The predicted octanol–water partition coefficient (Wildman–Crippen LogP) is 2.13. The SMILES string of the molecule is CC(C)CONC(=O)/C=C/c1ccc2c(c1)OCO2. The van der Waals surface area contributed by atoms with E-state index in [0.29, 0.717) is 18.3 Å². The first-order chi connectivity index (χ1) is 9.15. The van der Waals surface area contributed by atoms with Crippen LogP contribution in [0.25, 0.3) is 6.08 Å². The molecule has 0 atom stereocenters. The summed E-state index contributed by atoms with van der Waals surface area (Å²) in [5, 5.41) is 0. The number of hydrogen-bond donors (Lipinski definition) is 1. The van der Waals surface area contributed by atoms with Crippen molar-refractivity contribution < 1.29 is 19.1 Å².